The molecular weight excluding hydrogens is 258 g/mol. The third-order valence-electron chi connectivity index (χ3n) is 3.01. The molecule has 0 saturated carbocycles. The van der Waals surface area contributed by atoms with Gasteiger partial charge in [0.2, 0.25) is 5.95 Å². The number of nitrogens with zero attached hydrogens (tertiary/aromatic N) is 4. The number of aromatic nitrogens is 2. The third-order valence-corrected chi connectivity index (χ3v) is 3.01. The first-order valence-electron chi connectivity index (χ1n) is 6.75. The van der Waals surface area contributed by atoms with Gasteiger partial charge in [0.05, 0.1) is 13.2 Å². The maximum absolute atomic E-state index is 12.0. The van der Waals surface area contributed by atoms with Crippen LogP contribution in [0.3, 0.4) is 0 Å². The van der Waals surface area contributed by atoms with E-state index >= 15 is 0 Å². The fourth-order valence-electron chi connectivity index (χ4n) is 1.87. The molecule has 2 heterocycles. The van der Waals surface area contributed by atoms with E-state index < -0.39 is 0 Å². The van der Waals surface area contributed by atoms with Crippen LogP contribution in [0, 0.1) is 0 Å². The molecule has 0 spiro atoms. The minimum absolute atomic E-state index is 0.163. The maximum atomic E-state index is 12.0. The van der Waals surface area contributed by atoms with Crippen molar-refractivity contribution in [3.05, 3.63) is 18.0 Å². The summed E-state index contributed by atoms with van der Waals surface area (Å²) < 4.78 is 5.29. The quantitative estimate of drug-likeness (QED) is 0.791. The summed E-state index contributed by atoms with van der Waals surface area (Å²) in [6, 6.07) is 1.63. The molecule has 1 saturated heterocycles. The Kier molecular flexibility index (Phi) is 5.25. The van der Waals surface area contributed by atoms with E-state index in [1.54, 1.807) is 12.3 Å². The largest absolute Gasteiger partial charge is 0.378 e. The molecule has 0 bridgehead atoms. The SMILES string of the molecule is CN(C)CCNC(=O)c1ccnc(N2CCOCC2)n1. The fourth-order valence-corrected chi connectivity index (χ4v) is 1.87. The molecule has 1 aromatic rings. The predicted molar refractivity (Wildman–Crippen MR) is 76.0 cm³/mol. The molecule has 1 amide bonds. The van der Waals surface area contributed by atoms with Crippen molar-refractivity contribution in [3.8, 4) is 0 Å². The molecule has 20 heavy (non-hydrogen) atoms. The maximum Gasteiger partial charge on any atom is 0.270 e. The highest BCUT2D eigenvalue weighted by Crippen LogP contribution is 2.09. The van der Waals surface area contributed by atoms with Crippen molar-refractivity contribution in [1.29, 1.82) is 0 Å². The Morgan fingerprint density at radius 1 is 1.45 bits per heavy atom. The van der Waals surface area contributed by atoms with Crippen LogP contribution in [0.5, 0.6) is 0 Å². The molecule has 1 N–H and O–H groups in total. The van der Waals surface area contributed by atoms with Crippen LogP contribution in [0.2, 0.25) is 0 Å². The van der Waals surface area contributed by atoms with E-state index in [1.165, 1.54) is 0 Å². The van der Waals surface area contributed by atoms with E-state index in [2.05, 4.69) is 15.3 Å². The zero-order chi connectivity index (χ0) is 14.4. The van der Waals surface area contributed by atoms with E-state index in [-0.39, 0.29) is 5.91 Å². The van der Waals surface area contributed by atoms with Gasteiger partial charge < -0.3 is 19.9 Å². The lowest BCUT2D eigenvalue weighted by atomic mass is 10.3. The number of likely N-dealkylation sites (N-methyl/N-ethyl adjacent to an activating group) is 1. The number of morpholine rings is 1. The van der Waals surface area contributed by atoms with Gasteiger partial charge in [-0.2, -0.15) is 0 Å². The number of nitrogens with one attached hydrogen (secondary N) is 1. The van der Waals surface area contributed by atoms with Crippen molar-refractivity contribution in [3.63, 3.8) is 0 Å². The van der Waals surface area contributed by atoms with Gasteiger partial charge in [-0.05, 0) is 20.2 Å². The highest BCUT2D eigenvalue weighted by molar-refractivity contribution is 5.92. The first-order chi connectivity index (χ1) is 9.66. The normalized spacial score (nSPS) is 15.4. The molecule has 0 unspecified atom stereocenters. The molecule has 1 aliphatic rings. The van der Waals surface area contributed by atoms with Crippen LogP contribution >= 0.6 is 0 Å². The molecule has 0 radical (unpaired) electrons. The Hall–Kier alpha value is -1.73. The average Bonchev–Trinajstić information content (AvgIpc) is 2.48. The second kappa shape index (κ2) is 7.16. The van der Waals surface area contributed by atoms with Crippen LogP contribution in [0.25, 0.3) is 0 Å². The standard InChI is InChI=1S/C13H21N5O2/c1-17(2)6-5-14-12(19)11-3-4-15-13(16-11)18-7-9-20-10-8-18/h3-4H,5-10H2,1-2H3,(H,14,19). The Morgan fingerprint density at radius 3 is 2.90 bits per heavy atom. The molecule has 110 valence electrons. The summed E-state index contributed by atoms with van der Waals surface area (Å²) in [5, 5.41) is 2.85. The molecule has 7 nitrogen and oxygen atoms in total. The summed E-state index contributed by atoms with van der Waals surface area (Å²) in [4.78, 5) is 24.6. The number of carbonyl (C=O) groups is 1. The topological polar surface area (TPSA) is 70.6 Å². The summed E-state index contributed by atoms with van der Waals surface area (Å²) in [5.74, 6) is 0.428. The molecule has 1 aliphatic heterocycles. The highest BCUT2D eigenvalue weighted by Gasteiger charge is 2.15. The van der Waals surface area contributed by atoms with Gasteiger partial charge in [-0.1, -0.05) is 0 Å². The van der Waals surface area contributed by atoms with Crippen molar-refractivity contribution < 1.29 is 9.53 Å². The number of ether oxygens (including phenoxy) is 1. The molecule has 0 aromatic carbocycles. The summed E-state index contributed by atoms with van der Waals surface area (Å²) in [7, 11) is 3.93. The smallest absolute Gasteiger partial charge is 0.270 e. The van der Waals surface area contributed by atoms with E-state index in [0.717, 1.165) is 19.6 Å². The van der Waals surface area contributed by atoms with Gasteiger partial charge in [-0.25, -0.2) is 9.97 Å². The average molecular weight is 279 g/mol. The first kappa shape index (κ1) is 14.7. The minimum atomic E-state index is -0.163. The van der Waals surface area contributed by atoms with Crippen LogP contribution in [0.15, 0.2) is 12.3 Å². The molecule has 0 aliphatic carbocycles. The van der Waals surface area contributed by atoms with Crippen molar-refractivity contribution >= 4 is 11.9 Å². The van der Waals surface area contributed by atoms with Crippen molar-refractivity contribution in [2.45, 2.75) is 0 Å². The Labute approximate surface area is 118 Å². The number of hydrogen-bond donors (Lipinski definition) is 1. The van der Waals surface area contributed by atoms with Gasteiger partial charge >= 0.3 is 0 Å². The lowest BCUT2D eigenvalue weighted by molar-refractivity contribution is 0.0945. The van der Waals surface area contributed by atoms with Crippen LogP contribution < -0.4 is 10.2 Å². The van der Waals surface area contributed by atoms with Crippen molar-refractivity contribution in [2.24, 2.45) is 0 Å². The number of rotatable bonds is 5. The molecular formula is C13H21N5O2. The van der Waals surface area contributed by atoms with Crippen LogP contribution in [-0.2, 0) is 4.74 Å². The van der Waals surface area contributed by atoms with Crippen LogP contribution in [0.1, 0.15) is 10.5 Å². The summed E-state index contributed by atoms with van der Waals surface area (Å²) >= 11 is 0. The van der Waals surface area contributed by atoms with Crippen LogP contribution in [0.4, 0.5) is 5.95 Å². The number of carbonyl (C=O) groups excluding carboxylic acids is 1. The van der Waals surface area contributed by atoms with E-state index in [4.69, 9.17) is 4.74 Å². The summed E-state index contributed by atoms with van der Waals surface area (Å²) in [5.41, 5.74) is 0.403. The van der Waals surface area contributed by atoms with Gasteiger partial charge in [0.15, 0.2) is 0 Å². The molecule has 7 heteroatoms. The Balaban J connectivity index is 1.96. The van der Waals surface area contributed by atoms with Gasteiger partial charge in [0, 0.05) is 32.4 Å². The Morgan fingerprint density at radius 2 is 2.20 bits per heavy atom. The van der Waals surface area contributed by atoms with E-state index in [1.807, 2.05) is 23.9 Å². The van der Waals surface area contributed by atoms with Gasteiger partial charge in [-0.3, -0.25) is 4.79 Å². The van der Waals surface area contributed by atoms with Gasteiger partial charge in [0.25, 0.3) is 5.91 Å². The van der Waals surface area contributed by atoms with Gasteiger partial charge in [0.1, 0.15) is 5.69 Å². The lowest BCUT2D eigenvalue weighted by Gasteiger charge is -2.26. The molecule has 1 fully saturated rings. The molecule has 1 aromatic heterocycles. The third kappa shape index (κ3) is 4.14. The second-order valence-electron chi connectivity index (χ2n) is 4.90. The monoisotopic (exact) mass is 279 g/mol. The first-order valence-corrected chi connectivity index (χ1v) is 6.75. The molecule has 2 rings (SSSR count). The highest BCUT2D eigenvalue weighted by atomic mass is 16.5. The molecule has 0 atom stereocenters. The van der Waals surface area contributed by atoms with Crippen molar-refractivity contribution in [2.75, 3.05) is 58.4 Å². The minimum Gasteiger partial charge on any atom is -0.378 e. The van der Waals surface area contributed by atoms with E-state index in [9.17, 15) is 4.79 Å². The summed E-state index contributed by atoms with van der Waals surface area (Å²) in [6.45, 7) is 4.25. The second-order valence-corrected chi connectivity index (χ2v) is 4.90. The number of anilines is 1. The van der Waals surface area contributed by atoms with Gasteiger partial charge in [-0.15, -0.1) is 0 Å². The zero-order valence-electron chi connectivity index (χ0n) is 12.0. The number of hydrogen-bond acceptors (Lipinski definition) is 6. The predicted octanol–water partition coefficient (Wildman–Crippen LogP) is -0.395. The number of amides is 1. The van der Waals surface area contributed by atoms with Crippen molar-refractivity contribution in [1.82, 2.24) is 20.2 Å². The van der Waals surface area contributed by atoms with Crippen LogP contribution in [-0.4, -0.2) is 74.3 Å². The lowest BCUT2D eigenvalue weighted by Crippen LogP contribution is -2.38. The fraction of sp³-hybridized carbons (Fsp3) is 0.615. The Bertz CT molecular complexity index is 446. The summed E-state index contributed by atoms with van der Waals surface area (Å²) in [6.07, 6.45) is 1.62. The zero-order valence-corrected chi connectivity index (χ0v) is 12.0. The van der Waals surface area contributed by atoms with E-state index in [0.29, 0.717) is 31.4 Å².